The van der Waals surface area contributed by atoms with E-state index in [0.29, 0.717) is 6.42 Å². The van der Waals surface area contributed by atoms with Crippen LogP contribution in [0.25, 0.3) is 0 Å². The van der Waals surface area contributed by atoms with Crippen molar-refractivity contribution in [2.24, 2.45) is 0 Å². The van der Waals surface area contributed by atoms with E-state index in [9.17, 15) is 4.79 Å². The Hall–Kier alpha value is -1.81. The van der Waals surface area contributed by atoms with Crippen LogP contribution in [0.4, 0.5) is 0 Å². The van der Waals surface area contributed by atoms with Gasteiger partial charge >= 0.3 is 5.97 Å². The number of carboxylic acid groups (broad SMARTS) is 1. The topological polar surface area (TPSA) is 46.5 Å². The molecule has 0 fully saturated rings. The largest absolute Gasteiger partial charge is 0.480 e. The smallest absolute Gasteiger partial charge is 0.317 e. The van der Waals surface area contributed by atoms with E-state index in [-0.39, 0.29) is 0 Å². The van der Waals surface area contributed by atoms with Gasteiger partial charge < -0.3 is 9.84 Å². The van der Waals surface area contributed by atoms with E-state index in [1.54, 1.807) is 0 Å². The lowest BCUT2D eigenvalue weighted by Crippen LogP contribution is -2.15. The molecule has 1 N–H and O–H groups in total. The molecule has 0 aliphatic rings. The third kappa shape index (κ3) is 4.10. The highest BCUT2D eigenvalue weighted by Gasteiger charge is 2.13. The van der Waals surface area contributed by atoms with E-state index < -0.39 is 10.8 Å². The molecule has 4 heteroatoms. The number of para-hydroxylation sites is 1. The fraction of sp³-hybridized carbons (Fsp3) is 0.133. The van der Waals surface area contributed by atoms with Crippen LogP contribution < -0.4 is 4.74 Å². The summed E-state index contributed by atoms with van der Waals surface area (Å²) < 4.78 is 5.66. The van der Waals surface area contributed by atoms with Gasteiger partial charge in [0.25, 0.3) is 0 Å². The lowest BCUT2D eigenvalue weighted by Gasteiger charge is -2.08. The summed E-state index contributed by atoms with van der Waals surface area (Å²) in [5.41, 5.74) is 0.949. The van der Waals surface area contributed by atoms with Gasteiger partial charge in [-0.05, 0) is 36.2 Å². The number of carbonyl (C=O) groups is 1. The maximum Gasteiger partial charge on any atom is 0.317 e. The summed E-state index contributed by atoms with van der Waals surface area (Å²) in [5.74, 6) is 0.653. The van der Waals surface area contributed by atoms with Gasteiger partial charge in [0.1, 0.15) is 16.3 Å². The van der Waals surface area contributed by atoms with Gasteiger partial charge in [0, 0.05) is 0 Å². The van der Waals surface area contributed by atoms with Gasteiger partial charge in [0.05, 0.1) is 0 Å². The molecule has 2 aromatic rings. The van der Waals surface area contributed by atoms with Crippen molar-refractivity contribution in [3.63, 3.8) is 0 Å². The van der Waals surface area contributed by atoms with Gasteiger partial charge in [-0.15, -0.1) is 0 Å². The highest BCUT2D eigenvalue weighted by Crippen LogP contribution is 2.22. The summed E-state index contributed by atoms with van der Waals surface area (Å²) in [7, 11) is 0. The summed E-state index contributed by atoms with van der Waals surface area (Å²) in [4.78, 5) is 10.2. The zero-order valence-corrected chi connectivity index (χ0v) is 11.7. The van der Waals surface area contributed by atoms with Crippen molar-refractivity contribution in [1.29, 1.82) is 0 Å². The summed E-state index contributed by atoms with van der Waals surface area (Å²) >= 11 is 3.12. The number of alkyl halides is 1. The summed E-state index contributed by atoms with van der Waals surface area (Å²) in [6, 6.07) is 16.9. The maximum absolute atomic E-state index is 10.7. The Balaban J connectivity index is 2.01. The van der Waals surface area contributed by atoms with E-state index in [2.05, 4.69) is 15.9 Å². The second kappa shape index (κ2) is 6.38. The molecule has 0 saturated heterocycles. The Morgan fingerprint density at radius 3 is 2.21 bits per heavy atom. The van der Waals surface area contributed by atoms with Crippen molar-refractivity contribution in [1.82, 2.24) is 0 Å². The third-order valence-corrected chi connectivity index (χ3v) is 3.30. The summed E-state index contributed by atoms with van der Waals surface area (Å²) in [6.07, 6.45) is 0.445. The molecule has 0 aliphatic heterocycles. The highest BCUT2D eigenvalue weighted by atomic mass is 79.9. The average molecular weight is 321 g/mol. The molecule has 0 amide bonds. The zero-order chi connectivity index (χ0) is 13.7. The van der Waals surface area contributed by atoms with Gasteiger partial charge in [-0.2, -0.15) is 0 Å². The van der Waals surface area contributed by atoms with Crippen LogP contribution in [0.1, 0.15) is 5.56 Å². The Bertz CT molecular complexity index is 537. The normalized spacial score (nSPS) is 11.8. The predicted molar refractivity (Wildman–Crippen MR) is 77.0 cm³/mol. The van der Waals surface area contributed by atoms with Crippen LogP contribution >= 0.6 is 15.9 Å². The Labute approximate surface area is 120 Å². The average Bonchev–Trinajstić information content (AvgIpc) is 2.42. The Morgan fingerprint density at radius 2 is 1.63 bits per heavy atom. The van der Waals surface area contributed by atoms with Gasteiger partial charge in [0.15, 0.2) is 0 Å². The number of rotatable bonds is 5. The fourth-order valence-corrected chi connectivity index (χ4v) is 1.99. The summed E-state index contributed by atoms with van der Waals surface area (Å²) in [5, 5.41) is 8.82. The first-order valence-corrected chi connectivity index (χ1v) is 6.75. The minimum absolute atomic E-state index is 0.445. The second-order valence-corrected chi connectivity index (χ2v) is 5.17. The molecule has 3 nitrogen and oxygen atoms in total. The minimum Gasteiger partial charge on any atom is -0.480 e. The standard InChI is InChI=1S/C15H13BrO3/c16-14(15(17)18)10-11-6-8-13(9-7-11)19-12-4-2-1-3-5-12/h1-9,14H,10H2,(H,17,18)/t14-/m1/s1. The molecule has 19 heavy (non-hydrogen) atoms. The molecule has 2 rings (SSSR count). The van der Waals surface area contributed by atoms with E-state index >= 15 is 0 Å². The number of aliphatic carboxylic acids is 1. The van der Waals surface area contributed by atoms with Gasteiger partial charge in [-0.25, -0.2) is 0 Å². The first-order chi connectivity index (χ1) is 9.15. The molecule has 0 aromatic heterocycles. The second-order valence-electron chi connectivity index (χ2n) is 4.07. The van der Waals surface area contributed by atoms with Crippen LogP contribution in [0.5, 0.6) is 11.5 Å². The van der Waals surface area contributed by atoms with Crippen molar-refractivity contribution in [3.05, 3.63) is 60.2 Å². The van der Waals surface area contributed by atoms with E-state index in [4.69, 9.17) is 9.84 Å². The lowest BCUT2D eigenvalue weighted by molar-refractivity contribution is -0.136. The van der Waals surface area contributed by atoms with Gasteiger partial charge in [-0.1, -0.05) is 46.3 Å². The molecule has 0 heterocycles. The van der Waals surface area contributed by atoms with Crippen molar-refractivity contribution < 1.29 is 14.6 Å². The van der Waals surface area contributed by atoms with Crippen molar-refractivity contribution in [3.8, 4) is 11.5 Å². The van der Waals surface area contributed by atoms with Crippen LogP contribution in [0.3, 0.4) is 0 Å². The van der Waals surface area contributed by atoms with Crippen molar-refractivity contribution in [2.45, 2.75) is 11.2 Å². The first kappa shape index (κ1) is 13.6. The number of hydrogen-bond donors (Lipinski definition) is 1. The molecule has 0 aliphatic carbocycles. The van der Waals surface area contributed by atoms with E-state index in [0.717, 1.165) is 17.1 Å². The van der Waals surface area contributed by atoms with E-state index in [1.165, 1.54) is 0 Å². The van der Waals surface area contributed by atoms with Crippen LogP contribution in [0.2, 0.25) is 0 Å². The van der Waals surface area contributed by atoms with Crippen molar-refractivity contribution in [2.75, 3.05) is 0 Å². The quantitative estimate of drug-likeness (QED) is 0.851. The molecule has 0 saturated carbocycles. The van der Waals surface area contributed by atoms with Crippen LogP contribution in [0.15, 0.2) is 54.6 Å². The van der Waals surface area contributed by atoms with Gasteiger partial charge in [0.2, 0.25) is 0 Å². The lowest BCUT2D eigenvalue weighted by atomic mass is 10.1. The van der Waals surface area contributed by atoms with Crippen LogP contribution in [0, 0.1) is 0 Å². The Kier molecular flexibility index (Phi) is 4.58. The molecule has 0 radical (unpaired) electrons. The minimum atomic E-state index is -0.857. The fourth-order valence-electron chi connectivity index (χ4n) is 1.61. The Morgan fingerprint density at radius 1 is 1.05 bits per heavy atom. The molecule has 2 aromatic carbocycles. The first-order valence-electron chi connectivity index (χ1n) is 5.84. The molecule has 1 atom stereocenters. The van der Waals surface area contributed by atoms with Crippen molar-refractivity contribution >= 4 is 21.9 Å². The van der Waals surface area contributed by atoms with Gasteiger partial charge in [-0.3, -0.25) is 4.79 Å². The monoisotopic (exact) mass is 320 g/mol. The number of halogens is 1. The number of ether oxygens (including phenoxy) is 1. The zero-order valence-electron chi connectivity index (χ0n) is 10.1. The third-order valence-electron chi connectivity index (χ3n) is 2.59. The molecule has 0 unspecified atom stereocenters. The molecule has 0 spiro atoms. The van der Waals surface area contributed by atoms with E-state index in [1.807, 2.05) is 54.6 Å². The number of hydrogen-bond acceptors (Lipinski definition) is 2. The molecular formula is C15H13BrO3. The SMILES string of the molecule is O=C(O)[C@H](Br)Cc1ccc(Oc2ccccc2)cc1. The molecule has 98 valence electrons. The molecule has 0 bridgehead atoms. The van der Waals surface area contributed by atoms with Crippen LogP contribution in [-0.4, -0.2) is 15.9 Å². The number of carboxylic acids is 1. The number of benzene rings is 2. The molecular weight excluding hydrogens is 308 g/mol. The van der Waals surface area contributed by atoms with Crippen LogP contribution in [-0.2, 0) is 11.2 Å². The maximum atomic E-state index is 10.7. The predicted octanol–water partition coefficient (Wildman–Crippen LogP) is 3.87. The summed E-state index contributed by atoms with van der Waals surface area (Å²) in [6.45, 7) is 0. The highest BCUT2D eigenvalue weighted by molar-refractivity contribution is 9.10.